The average Bonchev–Trinajstić information content (AvgIpc) is 3.03. The van der Waals surface area contributed by atoms with Crippen LogP contribution in [0.3, 0.4) is 0 Å². The molecule has 1 amide bonds. The van der Waals surface area contributed by atoms with Crippen LogP contribution in [0.5, 0.6) is 5.75 Å². The summed E-state index contributed by atoms with van der Waals surface area (Å²) in [4.78, 5) is 36.1. The molecule has 152 valence electrons. The van der Waals surface area contributed by atoms with Crippen molar-refractivity contribution in [3.05, 3.63) is 70.5 Å². The number of nitrogens with zero attached hydrogens (tertiary/aromatic N) is 3. The number of aromatic amines is 1. The zero-order valence-corrected chi connectivity index (χ0v) is 16.2. The molecule has 0 aliphatic heterocycles. The molecule has 0 bridgehead atoms. The number of H-pyrrole nitrogens is 1. The topological polar surface area (TPSA) is 116 Å². The van der Waals surface area contributed by atoms with Gasteiger partial charge < -0.3 is 15.5 Å². The summed E-state index contributed by atoms with van der Waals surface area (Å²) >= 11 is 0. The van der Waals surface area contributed by atoms with Gasteiger partial charge in [-0.05, 0) is 50.2 Å². The number of amides is 1. The Morgan fingerprint density at radius 1 is 1.13 bits per heavy atom. The summed E-state index contributed by atoms with van der Waals surface area (Å²) in [6.45, 7) is 3.77. The van der Waals surface area contributed by atoms with E-state index in [1.807, 2.05) is 13.8 Å². The molecule has 4 rings (SSSR count). The number of aromatic nitrogens is 4. The fourth-order valence-corrected chi connectivity index (χ4v) is 3.12. The number of carbonyl (C=O) groups excluding carboxylic acids is 1. The summed E-state index contributed by atoms with van der Waals surface area (Å²) in [7, 11) is 0. The Labute approximate surface area is 170 Å². The Balaban J connectivity index is 2.02. The van der Waals surface area contributed by atoms with Gasteiger partial charge in [-0.2, -0.15) is 0 Å². The smallest absolute Gasteiger partial charge is 0.332 e. The van der Waals surface area contributed by atoms with Crippen LogP contribution in [0.4, 0.5) is 4.39 Å². The molecule has 9 heteroatoms. The maximum absolute atomic E-state index is 13.4. The Bertz CT molecular complexity index is 1310. The van der Waals surface area contributed by atoms with Crippen molar-refractivity contribution in [2.24, 2.45) is 5.73 Å². The Morgan fingerprint density at radius 2 is 1.83 bits per heavy atom. The first kappa shape index (κ1) is 19.3. The lowest BCUT2D eigenvalue weighted by molar-refractivity contribution is 0.0997. The number of hydrogen-bond acceptors (Lipinski definition) is 5. The van der Waals surface area contributed by atoms with Gasteiger partial charge in [0.2, 0.25) is 0 Å². The lowest BCUT2D eigenvalue weighted by Crippen LogP contribution is -2.15. The number of nitrogens with one attached hydrogen (secondary N) is 1. The number of hydrogen-bond donors (Lipinski definition) is 2. The standard InChI is InChI=1S/C21H18FN5O3/c1-11(2)30-15-6-4-3-5-14(15)19-24-16(18(23)28)17-20(26-19)27(21(29)25-17)13-9-7-12(22)8-10-13/h3-11H,1-2H3,(H2,23,28)(H,25,29). The first-order valence-corrected chi connectivity index (χ1v) is 9.19. The Kier molecular flexibility index (Phi) is 4.78. The molecule has 0 aliphatic rings. The van der Waals surface area contributed by atoms with E-state index in [0.717, 1.165) is 0 Å². The van der Waals surface area contributed by atoms with Crippen LogP contribution < -0.4 is 16.2 Å². The van der Waals surface area contributed by atoms with Crippen molar-refractivity contribution in [2.45, 2.75) is 20.0 Å². The molecule has 0 radical (unpaired) electrons. The minimum Gasteiger partial charge on any atom is -0.490 e. The van der Waals surface area contributed by atoms with E-state index in [0.29, 0.717) is 17.0 Å². The van der Waals surface area contributed by atoms with Crippen LogP contribution in [0.25, 0.3) is 28.2 Å². The van der Waals surface area contributed by atoms with Gasteiger partial charge in [-0.1, -0.05) is 12.1 Å². The van der Waals surface area contributed by atoms with Crippen molar-refractivity contribution in [3.63, 3.8) is 0 Å². The summed E-state index contributed by atoms with van der Waals surface area (Å²) in [5.41, 5.74) is 5.99. The van der Waals surface area contributed by atoms with Crippen molar-refractivity contribution >= 4 is 17.1 Å². The highest BCUT2D eigenvalue weighted by Crippen LogP contribution is 2.30. The van der Waals surface area contributed by atoms with E-state index in [9.17, 15) is 14.0 Å². The van der Waals surface area contributed by atoms with Crippen molar-refractivity contribution in [2.75, 3.05) is 0 Å². The summed E-state index contributed by atoms with van der Waals surface area (Å²) in [5.74, 6) is -0.575. The molecule has 0 unspecified atom stereocenters. The predicted octanol–water partition coefficient (Wildman–Crippen LogP) is 2.80. The van der Waals surface area contributed by atoms with Gasteiger partial charge in [0.1, 0.15) is 17.1 Å². The maximum atomic E-state index is 13.4. The molecule has 4 aromatic rings. The van der Waals surface area contributed by atoms with Crippen LogP contribution in [0.15, 0.2) is 53.3 Å². The number of primary amides is 1. The number of nitrogens with two attached hydrogens (primary N) is 1. The van der Waals surface area contributed by atoms with E-state index in [1.165, 1.54) is 28.8 Å². The first-order chi connectivity index (χ1) is 14.3. The number of para-hydroxylation sites is 1. The van der Waals surface area contributed by atoms with E-state index in [1.54, 1.807) is 24.3 Å². The molecular formula is C21H18FN5O3. The number of ether oxygens (including phenoxy) is 1. The van der Waals surface area contributed by atoms with Crippen molar-refractivity contribution in [1.29, 1.82) is 0 Å². The monoisotopic (exact) mass is 407 g/mol. The summed E-state index contributed by atoms with van der Waals surface area (Å²) in [6, 6.07) is 12.4. The molecule has 30 heavy (non-hydrogen) atoms. The summed E-state index contributed by atoms with van der Waals surface area (Å²) < 4.78 is 20.4. The predicted molar refractivity (Wildman–Crippen MR) is 109 cm³/mol. The highest BCUT2D eigenvalue weighted by Gasteiger charge is 2.21. The third-order valence-corrected chi connectivity index (χ3v) is 4.35. The molecule has 0 fully saturated rings. The second-order valence-corrected chi connectivity index (χ2v) is 6.86. The van der Waals surface area contributed by atoms with Crippen molar-refractivity contribution in [3.8, 4) is 22.8 Å². The normalized spacial score (nSPS) is 11.2. The summed E-state index contributed by atoms with van der Waals surface area (Å²) in [5, 5.41) is 0. The largest absolute Gasteiger partial charge is 0.490 e. The number of halogens is 1. The van der Waals surface area contributed by atoms with Crippen molar-refractivity contribution in [1.82, 2.24) is 19.5 Å². The minimum absolute atomic E-state index is 0.0998. The number of benzene rings is 2. The number of fused-ring (bicyclic) bond motifs is 1. The zero-order valence-electron chi connectivity index (χ0n) is 16.2. The van der Waals surface area contributed by atoms with E-state index >= 15 is 0 Å². The van der Waals surface area contributed by atoms with Gasteiger partial charge in [0.15, 0.2) is 17.2 Å². The third kappa shape index (κ3) is 3.41. The van der Waals surface area contributed by atoms with E-state index in [-0.39, 0.29) is 28.8 Å². The SMILES string of the molecule is CC(C)Oc1ccccc1-c1nc(C(N)=O)c2[nH]c(=O)n(-c3ccc(F)cc3)c2n1. The molecule has 0 spiro atoms. The molecule has 0 aliphatic carbocycles. The van der Waals surface area contributed by atoms with Gasteiger partial charge >= 0.3 is 5.69 Å². The van der Waals surface area contributed by atoms with Gasteiger partial charge in [-0.15, -0.1) is 0 Å². The molecule has 2 aromatic heterocycles. The average molecular weight is 407 g/mol. The molecule has 2 heterocycles. The Hall–Kier alpha value is -4.01. The molecule has 8 nitrogen and oxygen atoms in total. The van der Waals surface area contributed by atoms with Gasteiger partial charge in [-0.3, -0.25) is 4.79 Å². The van der Waals surface area contributed by atoms with Crippen LogP contribution in [-0.4, -0.2) is 31.5 Å². The molecule has 0 saturated carbocycles. The number of imidazole rings is 1. The van der Waals surface area contributed by atoms with Gasteiger partial charge in [0, 0.05) is 0 Å². The highest BCUT2D eigenvalue weighted by atomic mass is 19.1. The van der Waals surface area contributed by atoms with E-state index < -0.39 is 17.4 Å². The minimum atomic E-state index is -0.821. The lowest BCUT2D eigenvalue weighted by atomic mass is 10.1. The zero-order chi connectivity index (χ0) is 21.4. The second-order valence-electron chi connectivity index (χ2n) is 6.86. The quantitative estimate of drug-likeness (QED) is 0.528. The highest BCUT2D eigenvalue weighted by molar-refractivity contribution is 6.02. The van der Waals surface area contributed by atoms with Crippen LogP contribution in [0.2, 0.25) is 0 Å². The number of rotatable bonds is 5. The lowest BCUT2D eigenvalue weighted by Gasteiger charge is -2.14. The van der Waals surface area contributed by atoms with Gasteiger partial charge in [0.25, 0.3) is 5.91 Å². The Morgan fingerprint density at radius 3 is 2.50 bits per heavy atom. The molecular weight excluding hydrogens is 389 g/mol. The van der Waals surface area contributed by atoms with E-state index in [2.05, 4.69) is 15.0 Å². The van der Waals surface area contributed by atoms with Crippen molar-refractivity contribution < 1.29 is 13.9 Å². The van der Waals surface area contributed by atoms with Crippen LogP contribution in [0, 0.1) is 5.82 Å². The molecule has 2 aromatic carbocycles. The van der Waals surface area contributed by atoms with E-state index in [4.69, 9.17) is 10.5 Å². The maximum Gasteiger partial charge on any atom is 0.332 e. The van der Waals surface area contributed by atoms with Crippen LogP contribution in [-0.2, 0) is 0 Å². The molecule has 0 saturated heterocycles. The second kappa shape index (κ2) is 7.43. The third-order valence-electron chi connectivity index (χ3n) is 4.35. The fourth-order valence-electron chi connectivity index (χ4n) is 3.12. The molecule has 3 N–H and O–H groups in total. The van der Waals surface area contributed by atoms with Gasteiger partial charge in [0.05, 0.1) is 17.4 Å². The van der Waals surface area contributed by atoms with Crippen LogP contribution in [0.1, 0.15) is 24.3 Å². The van der Waals surface area contributed by atoms with Crippen LogP contribution >= 0.6 is 0 Å². The first-order valence-electron chi connectivity index (χ1n) is 9.19. The summed E-state index contributed by atoms with van der Waals surface area (Å²) in [6.07, 6.45) is -0.102. The fraction of sp³-hybridized carbons (Fsp3) is 0.143. The molecule has 0 atom stereocenters. The van der Waals surface area contributed by atoms with Gasteiger partial charge in [-0.25, -0.2) is 23.7 Å². The number of carbonyl (C=O) groups is 1.